The van der Waals surface area contributed by atoms with Gasteiger partial charge in [-0.05, 0) is 32.3 Å². The third kappa shape index (κ3) is 4.12. The molecule has 0 aromatic carbocycles. The minimum absolute atomic E-state index is 0.124. The minimum atomic E-state index is -3.13. The number of ether oxygens (including phenoxy) is 1. The largest absolute Gasteiger partial charge is 0.381 e. The van der Waals surface area contributed by atoms with Gasteiger partial charge in [0.25, 0.3) is 0 Å². The van der Waals surface area contributed by atoms with Crippen LogP contribution in [0.2, 0.25) is 0 Å². The Balaban J connectivity index is 1.64. The smallest absolute Gasteiger partial charge is 0.211 e. The molecule has 0 radical (unpaired) electrons. The number of nitrogens with zero attached hydrogens (tertiary/aromatic N) is 3. The molecule has 3 heterocycles. The summed E-state index contributed by atoms with van der Waals surface area (Å²) < 4.78 is 33.4. The summed E-state index contributed by atoms with van der Waals surface area (Å²) in [7, 11) is -3.13. The third-order valence-electron chi connectivity index (χ3n) is 4.80. The summed E-state index contributed by atoms with van der Waals surface area (Å²) in [6, 6.07) is 2.84. The molecule has 7 nitrogen and oxygen atoms in total. The van der Waals surface area contributed by atoms with Crippen molar-refractivity contribution in [2.24, 2.45) is 0 Å². The van der Waals surface area contributed by atoms with Crippen molar-refractivity contribution in [3.05, 3.63) is 18.0 Å². The van der Waals surface area contributed by atoms with Crippen LogP contribution in [0.4, 0.5) is 0 Å². The van der Waals surface area contributed by atoms with E-state index in [1.54, 1.807) is 6.92 Å². The van der Waals surface area contributed by atoms with Gasteiger partial charge in [-0.3, -0.25) is 9.58 Å². The first-order valence-corrected chi connectivity index (χ1v) is 10.1. The molecule has 1 saturated heterocycles. The first kappa shape index (κ1) is 16.9. The van der Waals surface area contributed by atoms with E-state index in [4.69, 9.17) is 4.74 Å². The second-order valence-electron chi connectivity index (χ2n) is 6.28. The zero-order valence-corrected chi connectivity index (χ0v) is 14.5. The molecule has 1 N–H and O–H groups in total. The van der Waals surface area contributed by atoms with Crippen molar-refractivity contribution in [1.29, 1.82) is 0 Å². The molecule has 2 aliphatic heterocycles. The predicted octanol–water partition coefficient (Wildman–Crippen LogP) is 0.748. The summed E-state index contributed by atoms with van der Waals surface area (Å²) in [6.45, 7) is 5.63. The highest BCUT2D eigenvalue weighted by Gasteiger charge is 2.30. The van der Waals surface area contributed by atoms with E-state index in [0.29, 0.717) is 12.6 Å². The lowest BCUT2D eigenvalue weighted by Gasteiger charge is -2.40. The summed E-state index contributed by atoms with van der Waals surface area (Å²) >= 11 is 0. The van der Waals surface area contributed by atoms with E-state index < -0.39 is 10.0 Å². The van der Waals surface area contributed by atoms with E-state index in [2.05, 4.69) is 25.5 Å². The Kier molecular flexibility index (Phi) is 5.35. The molecular formula is C15H26N4O3S. The SMILES string of the molecule is CCS(=O)(=O)NCC[C@@H]1CN(C2CCOCC2)Cc2ccnn21. The van der Waals surface area contributed by atoms with Crippen molar-refractivity contribution in [2.45, 2.75) is 44.8 Å². The van der Waals surface area contributed by atoms with Crippen molar-refractivity contribution >= 4 is 10.0 Å². The van der Waals surface area contributed by atoms with E-state index in [0.717, 1.165) is 45.6 Å². The number of hydrogen-bond donors (Lipinski definition) is 1. The van der Waals surface area contributed by atoms with E-state index in [1.165, 1.54) is 5.69 Å². The first-order chi connectivity index (χ1) is 11.1. The van der Waals surface area contributed by atoms with E-state index in [1.807, 2.05) is 6.20 Å². The topological polar surface area (TPSA) is 76.5 Å². The molecule has 3 rings (SSSR count). The normalized spacial score (nSPS) is 23.8. The maximum atomic E-state index is 11.6. The molecule has 0 spiro atoms. The minimum Gasteiger partial charge on any atom is -0.381 e. The molecule has 0 unspecified atom stereocenters. The monoisotopic (exact) mass is 342 g/mol. The first-order valence-electron chi connectivity index (χ1n) is 8.40. The van der Waals surface area contributed by atoms with Crippen molar-refractivity contribution in [3.8, 4) is 0 Å². The third-order valence-corrected chi connectivity index (χ3v) is 6.20. The van der Waals surface area contributed by atoms with Crippen LogP contribution < -0.4 is 4.72 Å². The van der Waals surface area contributed by atoms with Crippen LogP contribution in [0.25, 0.3) is 0 Å². The lowest BCUT2D eigenvalue weighted by Crippen LogP contribution is -2.46. The molecule has 1 aromatic heterocycles. The summed E-state index contributed by atoms with van der Waals surface area (Å²) in [5, 5.41) is 4.44. The molecule has 1 fully saturated rings. The molecule has 0 amide bonds. The number of hydrogen-bond acceptors (Lipinski definition) is 5. The highest BCUT2D eigenvalue weighted by atomic mass is 32.2. The van der Waals surface area contributed by atoms with Gasteiger partial charge in [0.05, 0.1) is 17.5 Å². The Bertz CT molecular complexity index is 610. The van der Waals surface area contributed by atoms with Gasteiger partial charge in [-0.15, -0.1) is 0 Å². The van der Waals surface area contributed by atoms with Gasteiger partial charge in [-0.25, -0.2) is 13.1 Å². The number of aromatic nitrogens is 2. The highest BCUT2D eigenvalue weighted by Crippen LogP contribution is 2.27. The fourth-order valence-corrected chi connectivity index (χ4v) is 4.07. The highest BCUT2D eigenvalue weighted by molar-refractivity contribution is 7.89. The summed E-state index contributed by atoms with van der Waals surface area (Å²) in [4.78, 5) is 2.51. The molecule has 0 saturated carbocycles. The Morgan fingerprint density at radius 3 is 2.91 bits per heavy atom. The zero-order valence-electron chi connectivity index (χ0n) is 13.6. The van der Waals surface area contributed by atoms with Crippen molar-refractivity contribution in [3.63, 3.8) is 0 Å². The van der Waals surface area contributed by atoms with Crippen LogP contribution in [0.1, 0.15) is 37.9 Å². The maximum Gasteiger partial charge on any atom is 0.211 e. The van der Waals surface area contributed by atoms with Gasteiger partial charge in [0.15, 0.2) is 0 Å². The molecule has 0 aliphatic carbocycles. The molecule has 130 valence electrons. The lowest BCUT2D eigenvalue weighted by molar-refractivity contribution is 0.0159. The van der Waals surface area contributed by atoms with E-state index in [9.17, 15) is 8.42 Å². The molecule has 2 aliphatic rings. The van der Waals surface area contributed by atoms with Gasteiger partial charge < -0.3 is 4.74 Å². The van der Waals surface area contributed by atoms with Crippen LogP contribution in [0.5, 0.6) is 0 Å². The lowest BCUT2D eigenvalue weighted by atomic mass is 10.0. The number of rotatable bonds is 6. The van der Waals surface area contributed by atoms with Gasteiger partial charge in [0.2, 0.25) is 10.0 Å². The molecular weight excluding hydrogens is 316 g/mol. The van der Waals surface area contributed by atoms with Gasteiger partial charge in [-0.1, -0.05) is 0 Å². The Morgan fingerprint density at radius 1 is 1.39 bits per heavy atom. The Labute approximate surface area is 138 Å². The van der Waals surface area contributed by atoms with Gasteiger partial charge in [-0.2, -0.15) is 5.10 Å². The fraction of sp³-hybridized carbons (Fsp3) is 0.800. The number of fused-ring (bicyclic) bond motifs is 1. The molecule has 23 heavy (non-hydrogen) atoms. The van der Waals surface area contributed by atoms with Crippen LogP contribution in [-0.4, -0.2) is 61.2 Å². The van der Waals surface area contributed by atoms with Crippen LogP contribution in [0.3, 0.4) is 0 Å². The summed E-state index contributed by atoms with van der Waals surface area (Å²) in [5.74, 6) is 0.124. The standard InChI is InChI=1S/C15H26N4O3S/c1-2-23(20,21)17-8-4-15-12-18(13-5-9-22-10-6-13)11-14-3-7-16-19(14)15/h3,7,13,15,17H,2,4-6,8-12H2,1H3/t15-/m1/s1. The van der Waals surface area contributed by atoms with Gasteiger partial charge >= 0.3 is 0 Å². The van der Waals surface area contributed by atoms with E-state index in [-0.39, 0.29) is 11.8 Å². The van der Waals surface area contributed by atoms with Crippen molar-refractivity contribution in [2.75, 3.05) is 32.1 Å². The number of nitrogens with one attached hydrogen (secondary N) is 1. The average molecular weight is 342 g/mol. The average Bonchev–Trinajstić information content (AvgIpc) is 3.04. The molecule has 1 aromatic rings. The van der Waals surface area contributed by atoms with Crippen LogP contribution in [0, 0.1) is 0 Å². The maximum absolute atomic E-state index is 11.6. The van der Waals surface area contributed by atoms with Gasteiger partial charge in [0, 0.05) is 45.1 Å². The van der Waals surface area contributed by atoms with Crippen LogP contribution in [0.15, 0.2) is 12.3 Å². The summed E-state index contributed by atoms with van der Waals surface area (Å²) in [5.41, 5.74) is 1.21. The summed E-state index contributed by atoms with van der Waals surface area (Å²) in [6.07, 6.45) is 4.74. The quantitative estimate of drug-likeness (QED) is 0.825. The molecule has 8 heteroatoms. The van der Waals surface area contributed by atoms with Crippen LogP contribution in [-0.2, 0) is 21.3 Å². The fourth-order valence-electron chi connectivity index (χ4n) is 3.44. The van der Waals surface area contributed by atoms with Crippen LogP contribution >= 0.6 is 0 Å². The Morgan fingerprint density at radius 2 is 2.17 bits per heavy atom. The Hall–Kier alpha value is -0.960. The second kappa shape index (κ2) is 7.29. The number of sulfonamides is 1. The van der Waals surface area contributed by atoms with Crippen molar-refractivity contribution in [1.82, 2.24) is 19.4 Å². The van der Waals surface area contributed by atoms with E-state index >= 15 is 0 Å². The predicted molar refractivity (Wildman–Crippen MR) is 87.6 cm³/mol. The molecule has 0 bridgehead atoms. The second-order valence-corrected chi connectivity index (χ2v) is 8.38. The molecule has 1 atom stereocenters. The van der Waals surface area contributed by atoms with Crippen molar-refractivity contribution < 1.29 is 13.2 Å². The van der Waals surface area contributed by atoms with Gasteiger partial charge in [0.1, 0.15) is 0 Å². The zero-order chi connectivity index (χ0) is 16.3.